The number of hydrogen-bond donors (Lipinski definition) is 1. The van der Waals surface area contributed by atoms with Gasteiger partial charge in [-0.2, -0.15) is 0 Å². The van der Waals surface area contributed by atoms with Crippen LogP contribution in [0.1, 0.15) is 12.8 Å². The van der Waals surface area contributed by atoms with E-state index in [0.717, 1.165) is 0 Å². The van der Waals surface area contributed by atoms with Gasteiger partial charge in [-0.1, -0.05) is 6.08 Å². The Kier molecular flexibility index (Phi) is 3.19. The van der Waals surface area contributed by atoms with Crippen LogP contribution < -0.4 is 5.32 Å². The smallest absolute Gasteiger partial charge is 0.246 e. The van der Waals surface area contributed by atoms with E-state index < -0.39 is 0 Å². The van der Waals surface area contributed by atoms with Crippen molar-refractivity contribution in [2.75, 3.05) is 13.6 Å². The summed E-state index contributed by atoms with van der Waals surface area (Å²) in [6, 6.07) is -0.222. The van der Waals surface area contributed by atoms with Crippen LogP contribution in [0, 0.1) is 0 Å². The molecule has 1 unspecified atom stereocenters. The van der Waals surface area contributed by atoms with E-state index in [1.807, 2.05) is 0 Å². The first-order valence-electron chi connectivity index (χ1n) is 4.31. The van der Waals surface area contributed by atoms with Crippen molar-refractivity contribution in [3.63, 3.8) is 0 Å². The van der Waals surface area contributed by atoms with Crippen LogP contribution in [-0.4, -0.2) is 36.3 Å². The fourth-order valence-electron chi connectivity index (χ4n) is 1.33. The summed E-state index contributed by atoms with van der Waals surface area (Å²) in [5, 5.41) is 3.01. The quantitative estimate of drug-likeness (QED) is 0.490. The molecule has 0 radical (unpaired) electrons. The second-order valence-electron chi connectivity index (χ2n) is 3.08. The van der Waals surface area contributed by atoms with Gasteiger partial charge in [-0.3, -0.25) is 14.5 Å². The molecular weight excluding hydrogens is 168 g/mol. The molecule has 1 aliphatic rings. The topological polar surface area (TPSA) is 49.4 Å². The summed E-state index contributed by atoms with van der Waals surface area (Å²) < 4.78 is 0. The third kappa shape index (κ3) is 2.15. The highest BCUT2D eigenvalue weighted by atomic mass is 16.2. The predicted molar refractivity (Wildman–Crippen MR) is 49.0 cm³/mol. The summed E-state index contributed by atoms with van der Waals surface area (Å²) >= 11 is 0. The van der Waals surface area contributed by atoms with Crippen LogP contribution in [-0.2, 0) is 9.59 Å². The van der Waals surface area contributed by atoms with Gasteiger partial charge >= 0.3 is 0 Å². The molecule has 1 heterocycles. The van der Waals surface area contributed by atoms with E-state index in [1.54, 1.807) is 6.08 Å². The summed E-state index contributed by atoms with van der Waals surface area (Å²) in [7, 11) is 1.52. The van der Waals surface area contributed by atoms with Crippen molar-refractivity contribution in [1.82, 2.24) is 10.2 Å². The molecule has 0 spiro atoms. The predicted octanol–water partition coefficient (Wildman–Crippen LogP) is -0.0906. The highest BCUT2D eigenvalue weighted by Crippen LogP contribution is 2.10. The number of piperidine rings is 1. The van der Waals surface area contributed by atoms with Crippen molar-refractivity contribution >= 4 is 11.8 Å². The fraction of sp³-hybridized carbons (Fsp3) is 0.556. The Hall–Kier alpha value is -1.16. The normalized spacial score (nSPS) is 23.5. The van der Waals surface area contributed by atoms with E-state index >= 15 is 0 Å². The number of likely N-dealkylation sites (tertiary alicyclic amines) is 1. The summed E-state index contributed by atoms with van der Waals surface area (Å²) in [4.78, 5) is 23.7. The zero-order chi connectivity index (χ0) is 9.84. The van der Waals surface area contributed by atoms with Crippen LogP contribution >= 0.6 is 0 Å². The molecule has 0 aromatic heterocycles. The van der Waals surface area contributed by atoms with Crippen LogP contribution in [0.15, 0.2) is 12.7 Å². The first-order valence-corrected chi connectivity index (χ1v) is 4.31. The molecule has 4 nitrogen and oxygen atoms in total. The highest BCUT2D eigenvalue weighted by Gasteiger charge is 2.30. The Balaban J connectivity index is 2.53. The van der Waals surface area contributed by atoms with E-state index in [0.29, 0.717) is 19.4 Å². The summed E-state index contributed by atoms with van der Waals surface area (Å²) in [5.74, 6) is -0.236. The maximum Gasteiger partial charge on any atom is 0.246 e. The van der Waals surface area contributed by atoms with Crippen LogP contribution in [0.4, 0.5) is 0 Å². The Morgan fingerprint density at radius 3 is 3.00 bits per heavy atom. The minimum Gasteiger partial charge on any atom is -0.302 e. The van der Waals surface area contributed by atoms with Crippen LogP contribution in [0.2, 0.25) is 0 Å². The number of nitrogens with one attached hydrogen (secondary N) is 1. The lowest BCUT2D eigenvalue weighted by Gasteiger charge is -2.27. The molecule has 1 aliphatic heterocycles. The number of nitrogens with zero attached hydrogens (tertiary/aromatic N) is 1. The van der Waals surface area contributed by atoms with Gasteiger partial charge in [-0.15, -0.1) is 6.58 Å². The van der Waals surface area contributed by atoms with Crippen molar-refractivity contribution in [2.24, 2.45) is 0 Å². The third-order valence-corrected chi connectivity index (χ3v) is 2.16. The second-order valence-corrected chi connectivity index (χ2v) is 3.08. The summed E-state index contributed by atoms with van der Waals surface area (Å²) in [6.45, 7) is 4.15. The Morgan fingerprint density at radius 2 is 2.38 bits per heavy atom. The highest BCUT2D eigenvalue weighted by molar-refractivity contribution is 6.00. The lowest BCUT2D eigenvalue weighted by Crippen LogP contribution is -2.51. The van der Waals surface area contributed by atoms with Gasteiger partial charge in [-0.25, -0.2) is 0 Å². The van der Waals surface area contributed by atoms with Gasteiger partial charge in [0.25, 0.3) is 0 Å². The second kappa shape index (κ2) is 4.18. The van der Waals surface area contributed by atoms with Gasteiger partial charge in [0, 0.05) is 20.0 Å². The first kappa shape index (κ1) is 9.92. The Labute approximate surface area is 77.6 Å². The number of likely N-dealkylation sites (N-methyl/N-ethyl adjacent to an activating group) is 1. The Bertz CT molecular complexity index is 236. The minimum absolute atomic E-state index is 0.0957. The molecule has 13 heavy (non-hydrogen) atoms. The average molecular weight is 182 g/mol. The number of imide groups is 1. The molecule has 72 valence electrons. The largest absolute Gasteiger partial charge is 0.302 e. The number of amides is 2. The molecule has 0 saturated carbocycles. The van der Waals surface area contributed by atoms with Crippen LogP contribution in [0.25, 0.3) is 0 Å². The maximum absolute atomic E-state index is 11.4. The molecule has 1 N–H and O–H groups in total. The number of rotatable bonds is 3. The van der Waals surface area contributed by atoms with E-state index in [9.17, 15) is 9.59 Å². The minimum atomic E-state index is -0.222. The molecule has 0 bridgehead atoms. The molecule has 1 rings (SSSR count). The molecule has 1 saturated heterocycles. The molecule has 0 aromatic carbocycles. The van der Waals surface area contributed by atoms with Gasteiger partial charge in [0.15, 0.2) is 0 Å². The van der Waals surface area contributed by atoms with E-state index in [1.165, 1.54) is 11.9 Å². The van der Waals surface area contributed by atoms with Crippen molar-refractivity contribution < 1.29 is 9.59 Å². The van der Waals surface area contributed by atoms with Gasteiger partial charge in [0.1, 0.15) is 0 Å². The first-order chi connectivity index (χ1) is 6.16. The van der Waals surface area contributed by atoms with Gasteiger partial charge < -0.3 is 5.32 Å². The van der Waals surface area contributed by atoms with E-state index in [2.05, 4.69) is 11.9 Å². The molecule has 1 fully saturated rings. The molecule has 2 amide bonds. The van der Waals surface area contributed by atoms with E-state index in [-0.39, 0.29) is 17.9 Å². The lowest BCUT2D eigenvalue weighted by molar-refractivity contribution is -0.147. The molecule has 0 aromatic rings. The van der Waals surface area contributed by atoms with Crippen LogP contribution in [0.3, 0.4) is 0 Å². The standard InChI is InChI=1S/C9H14N2O2/c1-3-6-10-7-4-5-8(12)11(2)9(7)13/h3,7,10H,1,4-6H2,2H3. The summed E-state index contributed by atoms with van der Waals surface area (Å²) in [6.07, 6.45) is 2.73. The number of carbonyl (C=O) groups excluding carboxylic acids is 2. The monoisotopic (exact) mass is 182 g/mol. The zero-order valence-corrected chi connectivity index (χ0v) is 7.75. The third-order valence-electron chi connectivity index (χ3n) is 2.16. The summed E-state index contributed by atoms with van der Waals surface area (Å²) in [5.41, 5.74) is 0. The SMILES string of the molecule is C=CCNC1CCC(=O)N(C)C1=O. The van der Waals surface area contributed by atoms with Crippen molar-refractivity contribution in [3.05, 3.63) is 12.7 Å². The van der Waals surface area contributed by atoms with Gasteiger partial charge in [-0.05, 0) is 6.42 Å². The molecule has 4 heteroatoms. The lowest BCUT2D eigenvalue weighted by atomic mass is 10.0. The number of carbonyl (C=O) groups is 2. The van der Waals surface area contributed by atoms with Crippen molar-refractivity contribution in [1.29, 1.82) is 0 Å². The maximum atomic E-state index is 11.4. The fourth-order valence-corrected chi connectivity index (χ4v) is 1.33. The van der Waals surface area contributed by atoms with Crippen LogP contribution in [0.5, 0.6) is 0 Å². The van der Waals surface area contributed by atoms with Crippen molar-refractivity contribution in [2.45, 2.75) is 18.9 Å². The van der Waals surface area contributed by atoms with Gasteiger partial charge in [0.05, 0.1) is 6.04 Å². The molecule has 1 atom stereocenters. The molecule has 0 aliphatic carbocycles. The van der Waals surface area contributed by atoms with Gasteiger partial charge in [0.2, 0.25) is 11.8 Å². The zero-order valence-electron chi connectivity index (χ0n) is 7.75. The Morgan fingerprint density at radius 1 is 1.69 bits per heavy atom. The molecular formula is C9H14N2O2. The van der Waals surface area contributed by atoms with Crippen molar-refractivity contribution in [3.8, 4) is 0 Å². The average Bonchev–Trinajstić information content (AvgIpc) is 2.13. The number of hydrogen-bond acceptors (Lipinski definition) is 3. The van der Waals surface area contributed by atoms with E-state index in [4.69, 9.17) is 0 Å².